The Labute approximate surface area is 142 Å². The molecule has 0 radical (unpaired) electrons. The predicted molar refractivity (Wildman–Crippen MR) is 94.8 cm³/mol. The summed E-state index contributed by atoms with van der Waals surface area (Å²) in [5.41, 5.74) is 3.22. The molecule has 1 aromatic heterocycles. The van der Waals surface area contributed by atoms with Crippen molar-refractivity contribution in [3.05, 3.63) is 72.6 Å². The zero-order chi connectivity index (χ0) is 16.5. The lowest BCUT2D eigenvalue weighted by Crippen LogP contribution is -2.36. The van der Waals surface area contributed by atoms with Crippen LogP contribution in [-0.2, 0) is 14.0 Å². The summed E-state index contributed by atoms with van der Waals surface area (Å²) < 4.78 is 20.1. The summed E-state index contributed by atoms with van der Waals surface area (Å²) in [6, 6.07) is 12.2. The van der Waals surface area contributed by atoms with Crippen molar-refractivity contribution in [3.63, 3.8) is 0 Å². The van der Waals surface area contributed by atoms with Gasteiger partial charge in [0.05, 0.1) is 17.9 Å². The predicted octanol–water partition coefficient (Wildman–Crippen LogP) is 2.79. The number of ether oxygens (including phenoxy) is 1. The lowest BCUT2D eigenvalue weighted by Gasteiger charge is -2.22. The molecule has 0 N–H and O–H groups in total. The standard InChI is InChI=1S/C19H20BNO3/c1-14(22-2)15-8-3-4-9-16(15)20-23-18-11-7-10-17(19(18)24-20)21-12-5-6-13-21/h3-14,18-19H,1-2H3/t14-,18+,19-/m1/s1. The summed E-state index contributed by atoms with van der Waals surface area (Å²) in [7, 11) is 1.32. The number of fused-ring (bicyclic) bond motifs is 1. The van der Waals surface area contributed by atoms with Crippen molar-refractivity contribution in [2.45, 2.75) is 25.2 Å². The van der Waals surface area contributed by atoms with E-state index < -0.39 is 7.12 Å². The van der Waals surface area contributed by atoms with Gasteiger partial charge >= 0.3 is 7.12 Å². The number of rotatable bonds is 4. The van der Waals surface area contributed by atoms with Crippen molar-refractivity contribution in [1.82, 2.24) is 4.57 Å². The first-order valence-corrected chi connectivity index (χ1v) is 8.22. The molecule has 0 saturated carbocycles. The van der Waals surface area contributed by atoms with Gasteiger partial charge in [0.15, 0.2) is 0 Å². The second-order valence-electron chi connectivity index (χ2n) is 6.06. The largest absolute Gasteiger partial charge is 0.495 e. The third-order valence-corrected chi connectivity index (χ3v) is 4.65. The van der Waals surface area contributed by atoms with Gasteiger partial charge in [0.25, 0.3) is 0 Å². The number of hydrogen-bond donors (Lipinski definition) is 0. The number of nitrogens with zero attached hydrogens (tertiary/aromatic N) is 1. The maximum atomic E-state index is 6.31. The highest BCUT2D eigenvalue weighted by atomic mass is 16.7. The molecule has 3 atom stereocenters. The van der Waals surface area contributed by atoms with Crippen LogP contribution in [0.2, 0.25) is 0 Å². The van der Waals surface area contributed by atoms with Crippen LogP contribution in [0, 0.1) is 0 Å². The van der Waals surface area contributed by atoms with E-state index in [1.807, 2.05) is 49.7 Å². The minimum atomic E-state index is -0.393. The van der Waals surface area contributed by atoms with Crippen molar-refractivity contribution in [2.24, 2.45) is 0 Å². The second kappa shape index (κ2) is 6.44. The monoisotopic (exact) mass is 321 g/mol. The molecule has 0 unspecified atom stereocenters. The topological polar surface area (TPSA) is 32.6 Å². The number of aromatic nitrogens is 1. The fourth-order valence-corrected chi connectivity index (χ4v) is 3.31. The van der Waals surface area contributed by atoms with E-state index in [4.69, 9.17) is 14.0 Å². The molecule has 5 heteroatoms. The molecule has 1 aromatic carbocycles. The first-order chi connectivity index (χ1) is 11.8. The Hall–Kier alpha value is -2.08. The molecule has 0 spiro atoms. The van der Waals surface area contributed by atoms with Crippen molar-refractivity contribution in [1.29, 1.82) is 0 Å². The Kier molecular flexibility index (Phi) is 4.14. The molecule has 1 aliphatic carbocycles. The van der Waals surface area contributed by atoms with Crippen LogP contribution < -0.4 is 5.46 Å². The minimum absolute atomic E-state index is 0.00830. The van der Waals surface area contributed by atoms with Crippen LogP contribution in [0.4, 0.5) is 0 Å². The van der Waals surface area contributed by atoms with Crippen LogP contribution in [0.15, 0.2) is 67.0 Å². The Morgan fingerprint density at radius 1 is 1.12 bits per heavy atom. The van der Waals surface area contributed by atoms with Crippen LogP contribution in [0.3, 0.4) is 0 Å². The molecule has 0 bridgehead atoms. The van der Waals surface area contributed by atoms with E-state index in [2.05, 4.69) is 28.9 Å². The number of methoxy groups -OCH3 is 1. The van der Waals surface area contributed by atoms with E-state index in [1.54, 1.807) is 7.11 Å². The van der Waals surface area contributed by atoms with E-state index in [9.17, 15) is 0 Å². The van der Waals surface area contributed by atoms with Crippen LogP contribution in [0.1, 0.15) is 18.6 Å². The lowest BCUT2D eigenvalue weighted by atomic mass is 9.75. The number of allylic oxidation sites excluding steroid dienone is 2. The van der Waals surface area contributed by atoms with Gasteiger partial charge in [0, 0.05) is 19.5 Å². The molecule has 0 amide bonds. The Morgan fingerprint density at radius 3 is 2.71 bits per heavy atom. The highest BCUT2D eigenvalue weighted by molar-refractivity contribution is 6.62. The quantitative estimate of drug-likeness (QED) is 0.812. The van der Waals surface area contributed by atoms with Gasteiger partial charge in [-0.2, -0.15) is 0 Å². The van der Waals surface area contributed by atoms with E-state index in [-0.39, 0.29) is 18.3 Å². The molecule has 2 heterocycles. The summed E-state index contributed by atoms with van der Waals surface area (Å²) in [6.45, 7) is 2.03. The third-order valence-electron chi connectivity index (χ3n) is 4.65. The molecule has 4 nitrogen and oxygen atoms in total. The van der Waals surface area contributed by atoms with Crippen molar-refractivity contribution in [2.75, 3.05) is 7.11 Å². The number of hydrogen-bond acceptors (Lipinski definition) is 3. The van der Waals surface area contributed by atoms with Crippen LogP contribution in [0.25, 0.3) is 5.70 Å². The van der Waals surface area contributed by atoms with Gasteiger partial charge in [-0.1, -0.05) is 36.4 Å². The molecule has 24 heavy (non-hydrogen) atoms. The fourth-order valence-electron chi connectivity index (χ4n) is 3.31. The van der Waals surface area contributed by atoms with Crippen molar-refractivity contribution in [3.8, 4) is 0 Å². The Balaban J connectivity index is 1.64. The highest BCUT2D eigenvalue weighted by Gasteiger charge is 2.43. The summed E-state index contributed by atoms with van der Waals surface area (Å²) in [6.07, 6.45) is 10.0. The van der Waals surface area contributed by atoms with E-state index >= 15 is 0 Å². The molecule has 2 aromatic rings. The van der Waals surface area contributed by atoms with Crippen LogP contribution in [-0.4, -0.2) is 31.0 Å². The second-order valence-corrected chi connectivity index (χ2v) is 6.06. The average Bonchev–Trinajstić information content (AvgIpc) is 3.30. The van der Waals surface area contributed by atoms with Crippen LogP contribution >= 0.6 is 0 Å². The van der Waals surface area contributed by atoms with Crippen LogP contribution in [0.5, 0.6) is 0 Å². The van der Waals surface area contributed by atoms with Gasteiger partial charge in [-0.05, 0) is 36.2 Å². The molecule has 1 fully saturated rings. The van der Waals surface area contributed by atoms with Gasteiger partial charge in [0.2, 0.25) is 0 Å². The SMILES string of the molecule is CO[C@H](C)c1ccccc1B1O[C@H]2C=CC=C(n3cccc3)[C@H]2O1. The summed E-state index contributed by atoms with van der Waals surface area (Å²) >= 11 is 0. The molecule has 2 aliphatic rings. The van der Waals surface area contributed by atoms with Crippen molar-refractivity contribution < 1.29 is 14.0 Å². The van der Waals surface area contributed by atoms with E-state index in [0.29, 0.717) is 0 Å². The number of benzene rings is 1. The molecule has 4 rings (SSSR count). The fraction of sp³-hybridized carbons (Fsp3) is 0.263. The summed E-state index contributed by atoms with van der Waals surface area (Å²) in [5.74, 6) is 0. The zero-order valence-corrected chi connectivity index (χ0v) is 13.8. The normalized spacial score (nSPS) is 23.9. The van der Waals surface area contributed by atoms with Gasteiger partial charge in [0.1, 0.15) is 6.10 Å². The summed E-state index contributed by atoms with van der Waals surface area (Å²) in [5, 5.41) is 0. The van der Waals surface area contributed by atoms with Gasteiger partial charge < -0.3 is 18.6 Å². The van der Waals surface area contributed by atoms with Crippen molar-refractivity contribution >= 4 is 18.3 Å². The van der Waals surface area contributed by atoms with Gasteiger partial charge in [-0.15, -0.1) is 0 Å². The molecular weight excluding hydrogens is 301 g/mol. The van der Waals surface area contributed by atoms with E-state index in [1.165, 1.54) is 0 Å². The summed E-state index contributed by atoms with van der Waals surface area (Å²) in [4.78, 5) is 0. The zero-order valence-electron chi connectivity index (χ0n) is 13.8. The molecule has 1 aliphatic heterocycles. The Bertz CT molecular complexity index is 769. The highest BCUT2D eigenvalue weighted by Crippen LogP contribution is 2.30. The minimum Gasteiger partial charge on any atom is -0.398 e. The maximum absolute atomic E-state index is 6.31. The van der Waals surface area contributed by atoms with Gasteiger partial charge in [-0.3, -0.25) is 0 Å². The molecule has 122 valence electrons. The first kappa shape index (κ1) is 15.5. The molecular formula is C19H20BNO3. The third kappa shape index (κ3) is 2.65. The van der Waals surface area contributed by atoms with E-state index in [0.717, 1.165) is 16.7 Å². The maximum Gasteiger partial charge on any atom is 0.495 e. The Morgan fingerprint density at radius 2 is 1.92 bits per heavy atom. The molecule has 1 saturated heterocycles. The lowest BCUT2D eigenvalue weighted by molar-refractivity contribution is 0.120. The smallest absolute Gasteiger partial charge is 0.398 e. The average molecular weight is 321 g/mol. The first-order valence-electron chi connectivity index (χ1n) is 8.22. The van der Waals surface area contributed by atoms with Gasteiger partial charge in [-0.25, -0.2) is 0 Å².